The van der Waals surface area contributed by atoms with Gasteiger partial charge in [0.15, 0.2) is 0 Å². The van der Waals surface area contributed by atoms with Gasteiger partial charge >= 0.3 is 0 Å². The molecule has 1 heteroatoms. The quantitative estimate of drug-likeness (QED) is 0.541. The van der Waals surface area contributed by atoms with Crippen LogP contribution < -0.4 is 0 Å². The third kappa shape index (κ3) is 4.18. The molecule has 1 nitrogen and oxygen atoms in total. The molecule has 0 saturated carbocycles. The monoisotopic (exact) mass is 305 g/mol. The van der Waals surface area contributed by atoms with E-state index in [1.54, 1.807) is 22.4 Å². The summed E-state index contributed by atoms with van der Waals surface area (Å²) in [5.74, 6) is 2.50. The molecule has 22 heavy (non-hydrogen) atoms. The topological polar surface area (TPSA) is 3.24 Å². The Kier molecular flexibility index (Phi) is 6.77. The fourth-order valence-corrected chi connectivity index (χ4v) is 3.76. The van der Waals surface area contributed by atoms with E-state index in [4.69, 9.17) is 0 Å². The van der Waals surface area contributed by atoms with Gasteiger partial charge in [-0.15, -0.1) is 0 Å². The standard InChI is InChI=1S/C21H39N/c1-13(2)18-11-19(14(3)4)21(16(7)8)22(17(9)10)12-20(18)15(5)6/h13-17H,11-12H2,1-10H3. The summed E-state index contributed by atoms with van der Waals surface area (Å²) in [6, 6.07) is 0.561. The molecule has 0 radical (unpaired) electrons. The fourth-order valence-electron chi connectivity index (χ4n) is 3.76. The second-order valence-corrected chi connectivity index (χ2v) is 8.48. The van der Waals surface area contributed by atoms with Gasteiger partial charge < -0.3 is 4.90 Å². The van der Waals surface area contributed by atoms with Crippen LogP contribution in [-0.2, 0) is 0 Å². The van der Waals surface area contributed by atoms with Gasteiger partial charge in [-0.2, -0.15) is 0 Å². The number of rotatable bonds is 5. The highest BCUT2D eigenvalue weighted by Crippen LogP contribution is 2.39. The van der Waals surface area contributed by atoms with Gasteiger partial charge in [-0.3, -0.25) is 0 Å². The van der Waals surface area contributed by atoms with E-state index >= 15 is 0 Å². The van der Waals surface area contributed by atoms with Crippen LogP contribution in [0.2, 0.25) is 0 Å². The zero-order chi connectivity index (χ0) is 17.2. The second-order valence-electron chi connectivity index (χ2n) is 8.48. The van der Waals surface area contributed by atoms with Gasteiger partial charge in [-0.05, 0) is 55.1 Å². The van der Waals surface area contributed by atoms with Crippen molar-refractivity contribution in [3.8, 4) is 0 Å². The maximum Gasteiger partial charge on any atom is 0.0394 e. The molecule has 0 unspecified atom stereocenters. The summed E-state index contributed by atoms with van der Waals surface area (Å²) in [6.45, 7) is 24.8. The first-order valence-electron chi connectivity index (χ1n) is 9.29. The summed E-state index contributed by atoms with van der Waals surface area (Å²) in [6.07, 6.45) is 1.18. The molecule has 0 N–H and O–H groups in total. The number of hydrogen-bond acceptors (Lipinski definition) is 1. The molecule has 1 aliphatic heterocycles. The molecule has 0 aromatic carbocycles. The first-order chi connectivity index (χ1) is 10.1. The molecule has 0 spiro atoms. The third-order valence-electron chi connectivity index (χ3n) is 5.03. The van der Waals surface area contributed by atoms with Crippen molar-refractivity contribution in [1.29, 1.82) is 0 Å². The average molecular weight is 306 g/mol. The third-order valence-corrected chi connectivity index (χ3v) is 5.03. The minimum Gasteiger partial charge on any atom is -0.368 e. The largest absolute Gasteiger partial charge is 0.368 e. The van der Waals surface area contributed by atoms with Crippen LogP contribution in [0.1, 0.15) is 75.7 Å². The van der Waals surface area contributed by atoms with Crippen molar-refractivity contribution in [1.82, 2.24) is 4.90 Å². The van der Waals surface area contributed by atoms with Crippen molar-refractivity contribution in [2.24, 2.45) is 23.7 Å². The van der Waals surface area contributed by atoms with Crippen LogP contribution >= 0.6 is 0 Å². The Morgan fingerprint density at radius 3 is 1.36 bits per heavy atom. The highest BCUT2D eigenvalue weighted by atomic mass is 15.2. The summed E-state index contributed by atoms with van der Waals surface area (Å²) in [4.78, 5) is 2.69. The molecule has 0 aromatic rings. The minimum absolute atomic E-state index is 0.561. The van der Waals surface area contributed by atoms with Crippen molar-refractivity contribution in [2.45, 2.75) is 81.7 Å². The van der Waals surface area contributed by atoms with Crippen LogP contribution in [0, 0.1) is 23.7 Å². The minimum atomic E-state index is 0.561. The van der Waals surface area contributed by atoms with Gasteiger partial charge in [0.05, 0.1) is 0 Å². The van der Waals surface area contributed by atoms with Gasteiger partial charge in [0.2, 0.25) is 0 Å². The molecule has 0 amide bonds. The Hall–Kier alpha value is -0.720. The molecule has 1 rings (SSSR count). The van der Waals surface area contributed by atoms with Crippen LogP contribution in [0.5, 0.6) is 0 Å². The number of allylic oxidation sites excluding steroid dienone is 3. The Morgan fingerprint density at radius 1 is 0.591 bits per heavy atom. The van der Waals surface area contributed by atoms with Crippen LogP contribution in [0.25, 0.3) is 0 Å². The Morgan fingerprint density at radius 2 is 1.05 bits per heavy atom. The van der Waals surface area contributed by atoms with Crippen LogP contribution in [-0.4, -0.2) is 17.5 Å². The molecular formula is C21H39N. The van der Waals surface area contributed by atoms with E-state index in [9.17, 15) is 0 Å². The molecule has 128 valence electrons. The molecule has 0 saturated heterocycles. The zero-order valence-corrected chi connectivity index (χ0v) is 16.7. The van der Waals surface area contributed by atoms with E-state index in [-0.39, 0.29) is 0 Å². The van der Waals surface area contributed by atoms with E-state index in [2.05, 4.69) is 74.1 Å². The lowest BCUT2D eigenvalue weighted by atomic mass is 9.84. The van der Waals surface area contributed by atoms with E-state index in [0.717, 1.165) is 6.54 Å². The summed E-state index contributed by atoms with van der Waals surface area (Å²) < 4.78 is 0. The summed E-state index contributed by atoms with van der Waals surface area (Å²) >= 11 is 0. The van der Waals surface area contributed by atoms with Crippen molar-refractivity contribution in [3.63, 3.8) is 0 Å². The SMILES string of the molecule is CC(C)C1=C(C(C)C)CN(C(C)C)C(C(C)C)=C(C(C)C)C1. The number of nitrogens with zero attached hydrogens (tertiary/aromatic N) is 1. The van der Waals surface area contributed by atoms with E-state index < -0.39 is 0 Å². The highest BCUT2D eigenvalue weighted by Gasteiger charge is 2.29. The predicted octanol–water partition coefficient (Wildman–Crippen LogP) is 6.28. The number of hydrogen-bond donors (Lipinski definition) is 0. The van der Waals surface area contributed by atoms with E-state index in [1.807, 2.05) is 0 Å². The van der Waals surface area contributed by atoms with Crippen LogP contribution in [0.4, 0.5) is 0 Å². The zero-order valence-electron chi connectivity index (χ0n) is 16.7. The van der Waals surface area contributed by atoms with Gasteiger partial charge in [0.1, 0.15) is 0 Å². The molecule has 0 aromatic heterocycles. The fraction of sp³-hybridized carbons (Fsp3) is 0.810. The summed E-state index contributed by atoms with van der Waals surface area (Å²) in [5.41, 5.74) is 6.65. The lowest BCUT2D eigenvalue weighted by Crippen LogP contribution is -2.35. The summed E-state index contributed by atoms with van der Waals surface area (Å²) in [7, 11) is 0. The van der Waals surface area contributed by atoms with Gasteiger partial charge in [-0.1, -0.05) is 61.0 Å². The molecule has 0 atom stereocenters. The molecule has 0 bridgehead atoms. The Bertz CT molecular complexity index is 433. The van der Waals surface area contributed by atoms with Gasteiger partial charge in [-0.25, -0.2) is 0 Å². The molecular weight excluding hydrogens is 266 g/mol. The summed E-state index contributed by atoms with van der Waals surface area (Å²) in [5, 5.41) is 0. The average Bonchev–Trinajstić information content (AvgIpc) is 2.55. The maximum absolute atomic E-state index is 2.69. The van der Waals surface area contributed by atoms with Crippen molar-refractivity contribution >= 4 is 0 Å². The molecule has 0 aliphatic carbocycles. The Labute approximate surface area is 139 Å². The van der Waals surface area contributed by atoms with E-state index in [1.165, 1.54) is 6.42 Å². The Balaban J connectivity index is 3.54. The lowest BCUT2D eigenvalue weighted by Gasteiger charge is -2.36. The lowest BCUT2D eigenvalue weighted by molar-refractivity contribution is 0.268. The predicted molar refractivity (Wildman–Crippen MR) is 99.9 cm³/mol. The maximum atomic E-state index is 2.69. The first-order valence-corrected chi connectivity index (χ1v) is 9.29. The van der Waals surface area contributed by atoms with E-state index in [0.29, 0.717) is 29.7 Å². The second kappa shape index (κ2) is 7.70. The molecule has 0 fully saturated rings. The normalized spacial score (nSPS) is 17.9. The van der Waals surface area contributed by atoms with Crippen molar-refractivity contribution < 1.29 is 0 Å². The molecule has 1 aliphatic rings. The highest BCUT2D eigenvalue weighted by molar-refractivity contribution is 5.33. The molecule has 1 heterocycles. The van der Waals surface area contributed by atoms with Crippen LogP contribution in [0.3, 0.4) is 0 Å². The smallest absolute Gasteiger partial charge is 0.0394 e. The van der Waals surface area contributed by atoms with Crippen LogP contribution in [0.15, 0.2) is 22.4 Å². The van der Waals surface area contributed by atoms with Gasteiger partial charge in [0, 0.05) is 18.3 Å². The first kappa shape index (κ1) is 19.3. The van der Waals surface area contributed by atoms with Crippen molar-refractivity contribution in [3.05, 3.63) is 22.4 Å². The van der Waals surface area contributed by atoms with Gasteiger partial charge in [0.25, 0.3) is 0 Å². The van der Waals surface area contributed by atoms with Crippen molar-refractivity contribution in [2.75, 3.05) is 6.54 Å².